The van der Waals surface area contributed by atoms with Crippen molar-refractivity contribution in [1.29, 1.82) is 5.26 Å². The molecule has 84 valence electrons. The molecule has 0 aromatic carbocycles. The molecule has 1 fully saturated rings. The van der Waals surface area contributed by atoms with Gasteiger partial charge in [-0.05, 0) is 37.8 Å². The van der Waals surface area contributed by atoms with Crippen molar-refractivity contribution in [3.05, 3.63) is 24.0 Å². The quantitative estimate of drug-likeness (QED) is 0.790. The molecule has 4 heteroatoms. The van der Waals surface area contributed by atoms with Gasteiger partial charge in [0.15, 0.2) is 5.69 Å². The van der Waals surface area contributed by atoms with Crippen LogP contribution >= 0.6 is 0 Å². The lowest BCUT2D eigenvalue weighted by Crippen LogP contribution is -2.28. The van der Waals surface area contributed by atoms with E-state index in [1.807, 2.05) is 12.1 Å². The van der Waals surface area contributed by atoms with Gasteiger partial charge in [0.25, 0.3) is 0 Å². The molecule has 1 aromatic rings. The van der Waals surface area contributed by atoms with E-state index >= 15 is 0 Å². The van der Waals surface area contributed by atoms with E-state index in [1.165, 1.54) is 0 Å². The van der Waals surface area contributed by atoms with Crippen LogP contribution in [0.4, 0.5) is 5.69 Å². The molecular formula is C12H15N3O. The van der Waals surface area contributed by atoms with Crippen molar-refractivity contribution in [2.45, 2.75) is 37.8 Å². The fourth-order valence-corrected chi connectivity index (χ4v) is 2.05. The van der Waals surface area contributed by atoms with Gasteiger partial charge in [0.05, 0.1) is 11.8 Å². The molecule has 1 heterocycles. The van der Waals surface area contributed by atoms with Crippen molar-refractivity contribution in [2.75, 3.05) is 5.32 Å². The lowest BCUT2D eigenvalue weighted by molar-refractivity contribution is 0.126. The Labute approximate surface area is 94.9 Å². The molecule has 0 amide bonds. The summed E-state index contributed by atoms with van der Waals surface area (Å²) in [6.07, 6.45) is 5.03. The van der Waals surface area contributed by atoms with E-state index in [9.17, 15) is 5.11 Å². The number of rotatable bonds is 2. The second kappa shape index (κ2) is 4.95. The first-order valence-corrected chi connectivity index (χ1v) is 5.59. The van der Waals surface area contributed by atoms with E-state index in [4.69, 9.17) is 5.26 Å². The smallest absolute Gasteiger partial charge is 0.163 e. The largest absolute Gasteiger partial charge is 0.393 e. The number of hydrogen-bond donors (Lipinski definition) is 2. The Morgan fingerprint density at radius 3 is 2.81 bits per heavy atom. The third-order valence-corrected chi connectivity index (χ3v) is 2.97. The molecule has 0 bridgehead atoms. The van der Waals surface area contributed by atoms with Crippen LogP contribution in [-0.4, -0.2) is 22.2 Å². The molecule has 0 spiro atoms. The average molecular weight is 217 g/mol. The van der Waals surface area contributed by atoms with Crippen LogP contribution in [0.2, 0.25) is 0 Å². The summed E-state index contributed by atoms with van der Waals surface area (Å²) in [5, 5.41) is 21.6. The molecule has 0 aliphatic heterocycles. The van der Waals surface area contributed by atoms with Gasteiger partial charge in [-0.2, -0.15) is 5.26 Å². The summed E-state index contributed by atoms with van der Waals surface area (Å²) < 4.78 is 0. The number of pyridine rings is 1. The van der Waals surface area contributed by atoms with E-state index in [1.54, 1.807) is 6.20 Å². The molecule has 0 atom stereocenters. The van der Waals surface area contributed by atoms with Gasteiger partial charge >= 0.3 is 0 Å². The Kier molecular flexibility index (Phi) is 3.37. The monoisotopic (exact) mass is 217 g/mol. The third-order valence-electron chi connectivity index (χ3n) is 2.97. The van der Waals surface area contributed by atoms with Crippen molar-refractivity contribution in [1.82, 2.24) is 4.98 Å². The van der Waals surface area contributed by atoms with Gasteiger partial charge in [-0.15, -0.1) is 0 Å². The first kappa shape index (κ1) is 10.9. The topological polar surface area (TPSA) is 68.9 Å². The average Bonchev–Trinajstić information content (AvgIpc) is 2.33. The number of aliphatic hydroxyl groups excluding tert-OH is 1. The van der Waals surface area contributed by atoms with Gasteiger partial charge in [0, 0.05) is 12.2 Å². The minimum Gasteiger partial charge on any atom is -0.393 e. The van der Waals surface area contributed by atoms with E-state index in [2.05, 4.69) is 16.4 Å². The molecule has 1 saturated carbocycles. The first-order valence-electron chi connectivity index (χ1n) is 5.59. The van der Waals surface area contributed by atoms with Gasteiger partial charge < -0.3 is 10.4 Å². The molecule has 0 radical (unpaired) electrons. The Balaban J connectivity index is 2.01. The van der Waals surface area contributed by atoms with Crippen LogP contribution in [0.5, 0.6) is 0 Å². The Hall–Kier alpha value is -1.60. The van der Waals surface area contributed by atoms with Crippen molar-refractivity contribution in [3.8, 4) is 6.07 Å². The molecule has 1 aromatic heterocycles. The van der Waals surface area contributed by atoms with Crippen molar-refractivity contribution < 1.29 is 5.11 Å². The minimum absolute atomic E-state index is 0.151. The number of anilines is 1. The highest BCUT2D eigenvalue weighted by molar-refractivity contribution is 5.53. The van der Waals surface area contributed by atoms with Gasteiger partial charge in [-0.3, -0.25) is 0 Å². The zero-order valence-corrected chi connectivity index (χ0v) is 9.06. The number of nitrogens with one attached hydrogen (secondary N) is 1. The molecule has 1 aliphatic carbocycles. The van der Waals surface area contributed by atoms with Crippen LogP contribution in [0.3, 0.4) is 0 Å². The van der Waals surface area contributed by atoms with Crippen LogP contribution < -0.4 is 5.32 Å². The zero-order chi connectivity index (χ0) is 11.4. The van der Waals surface area contributed by atoms with E-state index < -0.39 is 0 Å². The van der Waals surface area contributed by atoms with E-state index in [0.29, 0.717) is 11.7 Å². The zero-order valence-electron chi connectivity index (χ0n) is 9.06. The predicted octanol–water partition coefficient (Wildman–Crippen LogP) is 1.67. The van der Waals surface area contributed by atoms with Gasteiger partial charge in [0.1, 0.15) is 6.07 Å². The highest BCUT2D eigenvalue weighted by Gasteiger charge is 2.19. The summed E-state index contributed by atoms with van der Waals surface area (Å²) in [6, 6.07) is 6.11. The second-order valence-electron chi connectivity index (χ2n) is 4.16. The van der Waals surface area contributed by atoms with Crippen LogP contribution in [0.1, 0.15) is 31.4 Å². The Morgan fingerprint density at radius 2 is 2.12 bits per heavy atom. The molecule has 2 N–H and O–H groups in total. The number of aliphatic hydroxyl groups is 1. The van der Waals surface area contributed by atoms with Gasteiger partial charge in [-0.25, -0.2) is 4.98 Å². The summed E-state index contributed by atoms with van der Waals surface area (Å²) in [4.78, 5) is 4.00. The number of hydrogen-bond acceptors (Lipinski definition) is 4. The molecule has 0 unspecified atom stereocenters. The van der Waals surface area contributed by atoms with Crippen molar-refractivity contribution in [2.24, 2.45) is 0 Å². The summed E-state index contributed by atoms with van der Waals surface area (Å²) in [6.45, 7) is 0. The highest BCUT2D eigenvalue weighted by Crippen LogP contribution is 2.22. The lowest BCUT2D eigenvalue weighted by Gasteiger charge is -2.27. The Morgan fingerprint density at radius 1 is 1.38 bits per heavy atom. The van der Waals surface area contributed by atoms with Crippen LogP contribution in [0.25, 0.3) is 0 Å². The number of nitriles is 1. The molecule has 2 rings (SSSR count). The standard InChI is InChI=1S/C12H15N3O/c13-8-12-11(2-1-7-14-12)15-9-3-5-10(16)6-4-9/h1-2,7,9-10,15-16H,3-6H2. The fourth-order valence-electron chi connectivity index (χ4n) is 2.05. The second-order valence-corrected chi connectivity index (χ2v) is 4.16. The summed E-state index contributed by atoms with van der Waals surface area (Å²) in [5.74, 6) is 0. The van der Waals surface area contributed by atoms with E-state index in [0.717, 1.165) is 31.4 Å². The van der Waals surface area contributed by atoms with Gasteiger partial charge in [0.2, 0.25) is 0 Å². The predicted molar refractivity (Wildman–Crippen MR) is 60.8 cm³/mol. The van der Waals surface area contributed by atoms with Crippen molar-refractivity contribution >= 4 is 5.69 Å². The fraction of sp³-hybridized carbons (Fsp3) is 0.500. The number of aromatic nitrogens is 1. The lowest BCUT2D eigenvalue weighted by atomic mass is 9.93. The van der Waals surface area contributed by atoms with Gasteiger partial charge in [-0.1, -0.05) is 0 Å². The molecule has 0 saturated heterocycles. The SMILES string of the molecule is N#Cc1ncccc1NC1CCC(O)CC1. The molecule has 4 nitrogen and oxygen atoms in total. The molecule has 1 aliphatic rings. The van der Waals surface area contributed by atoms with Crippen LogP contribution in [0, 0.1) is 11.3 Å². The maximum Gasteiger partial charge on any atom is 0.163 e. The Bertz CT molecular complexity index is 391. The normalized spacial score (nSPS) is 24.8. The van der Waals surface area contributed by atoms with E-state index in [-0.39, 0.29) is 6.10 Å². The number of nitrogens with zero attached hydrogens (tertiary/aromatic N) is 2. The minimum atomic E-state index is -0.151. The van der Waals surface area contributed by atoms with Crippen LogP contribution in [-0.2, 0) is 0 Å². The van der Waals surface area contributed by atoms with Crippen molar-refractivity contribution in [3.63, 3.8) is 0 Å². The maximum atomic E-state index is 9.40. The highest BCUT2D eigenvalue weighted by atomic mass is 16.3. The molecule has 16 heavy (non-hydrogen) atoms. The summed E-state index contributed by atoms with van der Waals surface area (Å²) >= 11 is 0. The summed E-state index contributed by atoms with van der Waals surface area (Å²) in [7, 11) is 0. The first-order chi connectivity index (χ1) is 7.79. The maximum absolute atomic E-state index is 9.40. The molecular weight excluding hydrogens is 202 g/mol. The third kappa shape index (κ3) is 2.50. The summed E-state index contributed by atoms with van der Waals surface area (Å²) in [5.41, 5.74) is 1.24. The van der Waals surface area contributed by atoms with Crippen LogP contribution in [0.15, 0.2) is 18.3 Å².